The van der Waals surface area contributed by atoms with Crippen molar-refractivity contribution >= 4 is 22.4 Å². The van der Waals surface area contributed by atoms with Crippen LogP contribution in [-0.4, -0.2) is 27.2 Å². The first-order chi connectivity index (χ1) is 16.1. The van der Waals surface area contributed by atoms with Crippen LogP contribution in [0.5, 0.6) is 23.0 Å². The van der Waals surface area contributed by atoms with Gasteiger partial charge >= 0.3 is 0 Å². The third-order valence-corrected chi connectivity index (χ3v) is 5.32. The van der Waals surface area contributed by atoms with Crippen molar-refractivity contribution in [3.8, 4) is 23.0 Å². The molecule has 4 aromatic carbocycles. The van der Waals surface area contributed by atoms with Gasteiger partial charge in [-0.3, -0.25) is 4.79 Å². The van der Waals surface area contributed by atoms with Gasteiger partial charge in [0.05, 0.1) is 21.3 Å². The Morgan fingerprint density at radius 3 is 2.24 bits per heavy atom. The van der Waals surface area contributed by atoms with E-state index in [1.165, 1.54) is 0 Å². The number of methoxy groups -OCH3 is 3. The Balaban J connectivity index is 1.54. The van der Waals surface area contributed by atoms with Crippen molar-refractivity contribution in [1.29, 1.82) is 0 Å². The average Bonchev–Trinajstić information content (AvgIpc) is 2.87. The summed E-state index contributed by atoms with van der Waals surface area (Å²) in [6, 6.07) is 24.5. The van der Waals surface area contributed by atoms with Crippen molar-refractivity contribution in [3.05, 3.63) is 90.0 Å². The van der Waals surface area contributed by atoms with Crippen molar-refractivity contribution in [2.75, 3.05) is 26.6 Å². The van der Waals surface area contributed by atoms with Crippen LogP contribution in [0.2, 0.25) is 0 Å². The lowest BCUT2D eigenvalue weighted by Gasteiger charge is -2.14. The second-order valence-corrected chi connectivity index (χ2v) is 7.32. The molecule has 0 aromatic heterocycles. The number of carbonyl (C=O) groups is 1. The number of nitrogens with one attached hydrogen (secondary N) is 1. The second-order valence-electron chi connectivity index (χ2n) is 7.32. The molecule has 4 rings (SSSR count). The summed E-state index contributed by atoms with van der Waals surface area (Å²) in [6.45, 7) is 0.259. The Morgan fingerprint density at radius 1 is 0.727 bits per heavy atom. The highest BCUT2D eigenvalue weighted by Crippen LogP contribution is 2.31. The first-order valence-corrected chi connectivity index (χ1v) is 10.4. The van der Waals surface area contributed by atoms with Gasteiger partial charge in [-0.15, -0.1) is 0 Å². The van der Waals surface area contributed by atoms with E-state index >= 15 is 0 Å². The predicted molar refractivity (Wildman–Crippen MR) is 129 cm³/mol. The molecular formula is C27H25NO5. The van der Waals surface area contributed by atoms with Crippen LogP contribution in [0.3, 0.4) is 0 Å². The first kappa shape index (κ1) is 22.0. The summed E-state index contributed by atoms with van der Waals surface area (Å²) in [4.78, 5) is 12.9. The fourth-order valence-electron chi connectivity index (χ4n) is 3.63. The maximum atomic E-state index is 12.9. The van der Waals surface area contributed by atoms with Crippen molar-refractivity contribution < 1.29 is 23.7 Å². The Labute approximate surface area is 192 Å². The zero-order chi connectivity index (χ0) is 23.2. The van der Waals surface area contributed by atoms with Crippen LogP contribution in [0.15, 0.2) is 78.9 Å². The van der Waals surface area contributed by atoms with Gasteiger partial charge in [0.25, 0.3) is 5.91 Å². The lowest BCUT2D eigenvalue weighted by atomic mass is 10.1. The second kappa shape index (κ2) is 9.96. The summed E-state index contributed by atoms with van der Waals surface area (Å²) in [7, 11) is 4.71. The SMILES string of the molecule is COc1ccc(C(=O)Nc2ccc(OC)c(OC)c2)cc1COc1cccc2ccccc12. The highest BCUT2D eigenvalue weighted by atomic mass is 16.5. The van der Waals surface area contributed by atoms with E-state index in [1.54, 1.807) is 57.7 Å². The quantitative estimate of drug-likeness (QED) is 0.379. The van der Waals surface area contributed by atoms with Gasteiger partial charge in [-0.2, -0.15) is 0 Å². The number of rotatable bonds is 8. The van der Waals surface area contributed by atoms with Crippen molar-refractivity contribution in [2.24, 2.45) is 0 Å². The minimum atomic E-state index is -0.253. The third-order valence-electron chi connectivity index (χ3n) is 5.32. The molecule has 0 atom stereocenters. The van der Waals surface area contributed by atoms with Crippen LogP contribution in [0.1, 0.15) is 15.9 Å². The van der Waals surface area contributed by atoms with Crippen LogP contribution in [-0.2, 0) is 6.61 Å². The topological polar surface area (TPSA) is 66.0 Å². The number of hydrogen-bond acceptors (Lipinski definition) is 5. The number of anilines is 1. The van der Waals surface area contributed by atoms with E-state index < -0.39 is 0 Å². The Kier molecular flexibility index (Phi) is 6.64. The number of benzene rings is 4. The molecule has 0 fully saturated rings. The Bertz CT molecular complexity index is 1280. The molecule has 4 aromatic rings. The van der Waals surface area contributed by atoms with Crippen LogP contribution >= 0.6 is 0 Å². The zero-order valence-electron chi connectivity index (χ0n) is 18.8. The molecule has 6 heteroatoms. The fraction of sp³-hybridized carbons (Fsp3) is 0.148. The van der Waals surface area contributed by atoms with Gasteiger partial charge in [0.2, 0.25) is 0 Å². The Morgan fingerprint density at radius 2 is 1.45 bits per heavy atom. The molecule has 0 heterocycles. The zero-order valence-corrected chi connectivity index (χ0v) is 18.8. The normalized spacial score (nSPS) is 10.5. The lowest BCUT2D eigenvalue weighted by Crippen LogP contribution is -2.13. The van der Waals surface area contributed by atoms with Crippen LogP contribution in [0.4, 0.5) is 5.69 Å². The molecule has 33 heavy (non-hydrogen) atoms. The molecule has 168 valence electrons. The molecule has 0 saturated carbocycles. The van der Waals surface area contributed by atoms with Crippen LogP contribution < -0.4 is 24.3 Å². The fourth-order valence-corrected chi connectivity index (χ4v) is 3.63. The van der Waals surface area contributed by atoms with Gasteiger partial charge in [-0.1, -0.05) is 36.4 Å². The van der Waals surface area contributed by atoms with E-state index in [0.717, 1.165) is 22.1 Å². The summed E-state index contributed by atoms with van der Waals surface area (Å²) >= 11 is 0. The number of carbonyl (C=O) groups excluding carboxylic acids is 1. The molecule has 0 radical (unpaired) electrons. The highest BCUT2D eigenvalue weighted by Gasteiger charge is 2.13. The first-order valence-electron chi connectivity index (χ1n) is 10.4. The molecule has 0 aliphatic rings. The molecule has 0 saturated heterocycles. The van der Waals surface area contributed by atoms with Crippen molar-refractivity contribution in [3.63, 3.8) is 0 Å². The molecule has 0 spiro atoms. The Hall–Kier alpha value is -4.19. The van der Waals surface area contributed by atoms with Gasteiger partial charge in [0, 0.05) is 28.3 Å². The molecule has 1 N–H and O–H groups in total. The molecule has 0 unspecified atom stereocenters. The van der Waals surface area contributed by atoms with E-state index in [9.17, 15) is 4.79 Å². The minimum Gasteiger partial charge on any atom is -0.496 e. The van der Waals surface area contributed by atoms with E-state index in [1.807, 2.05) is 42.5 Å². The minimum absolute atomic E-state index is 0.253. The third kappa shape index (κ3) is 4.85. The van der Waals surface area contributed by atoms with Crippen LogP contribution in [0.25, 0.3) is 10.8 Å². The van der Waals surface area contributed by atoms with Gasteiger partial charge in [-0.25, -0.2) is 0 Å². The maximum absolute atomic E-state index is 12.9. The maximum Gasteiger partial charge on any atom is 0.255 e. The van der Waals surface area contributed by atoms with Crippen molar-refractivity contribution in [1.82, 2.24) is 0 Å². The van der Waals surface area contributed by atoms with Gasteiger partial charge in [0.1, 0.15) is 18.1 Å². The number of ether oxygens (including phenoxy) is 4. The van der Waals surface area contributed by atoms with Gasteiger partial charge < -0.3 is 24.3 Å². The number of amides is 1. The highest BCUT2D eigenvalue weighted by molar-refractivity contribution is 6.04. The molecule has 6 nitrogen and oxygen atoms in total. The summed E-state index contributed by atoms with van der Waals surface area (Å²) in [5, 5.41) is 5.02. The van der Waals surface area contributed by atoms with E-state index in [4.69, 9.17) is 18.9 Å². The molecule has 0 aliphatic heterocycles. The van der Waals surface area contributed by atoms with Gasteiger partial charge in [-0.05, 0) is 41.8 Å². The molecule has 0 aliphatic carbocycles. The lowest BCUT2D eigenvalue weighted by molar-refractivity contribution is 0.102. The predicted octanol–water partition coefficient (Wildman–Crippen LogP) is 5.70. The summed E-state index contributed by atoms with van der Waals surface area (Å²) < 4.78 is 22.2. The van der Waals surface area contributed by atoms with E-state index in [2.05, 4.69) is 5.32 Å². The smallest absolute Gasteiger partial charge is 0.255 e. The van der Waals surface area contributed by atoms with Gasteiger partial charge in [0.15, 0.2) is 11.5 Å². The number of fused-ring (bicyclic) bond motifs is 1. The average molecular weight is 443 g/mol. The number of hydrogen-bond donors (Lipinski definition) is 1. The molecule has 1 amide bonds. The molecular weight excluding hydrogens is 418 g/mol. The van der Waals surface area contributed by atoms with Crippen LogP contribution in [0, 0.1) is 0 Å². The summed E-state index contributed by atoms with van der Waals surface area (Å²) in [6.07, 6.45) is 0. The standard InChI is InChI=1S/C27H25NO5/c1-30-23-13-11-19(27(29)28-21-12-14-25(31-2)26(16-21)32-3)15-20(23)17-33-24-10-6-8-18-7-4-5-9-22(18)24/h4-16H,17H2,1-3H3,(H,28,29). The molecule has 0 bridgehead atoms. The van der Waals surface area contributed by atoms with E-state index in [0.29, 0.717) is 28.5 Å². The van der Waals surface area contributed by atoms with Crippen molar-refractivity contribution in [2.45, 2.75) is 6.61 Å². The summed E-state index contributed by atoms with van der Waals surface area (Å²) in [5.41, 5.74) is 1.86. The monoisotopic (exact) mass is 443 g/mol. The van der Waals surface area contributed by atoms with E-state index in [-0.39, 0.29) is 12.5 Å². The largest absolute Gasteiger partial charge is 0.496 e. The summed E-state index contributed by atoms with van der Waals surface area (Å²) in [5.74, 6) is 2.30.